The highest BCUT2D eigenvalue weighted by atomic mass is 35.5. The first-order chi connectivity index (χ1) is 9.16. The van der Waals surface area contributed by atoms with Crippen LogP contribution in [0.2, 0.25) is 0 Å². The molecule has 0 aromatic carbocycles. The Hall–Kier alpha value is -1.18. The van der Waals surface area contributed by atoms with Gasteiger partial charge in [-0.05, 0) is 0 Å². The average Bonchev–Trinajstić information content (AvgIpc) is 2.47. The first-order valence-electron chi connectivity index (χ1n) is 6.55. The molecule has 1 unspecified atom stereocenters. The van der Waals surface area contributed by atoms with Crippen LogP contribution in [-0.4, -0.2) is 60.0 Å². The van der Waals surface area contributed by atoms with E-state index in [0.29, 0.717) is 22.9 Å². The number of quaternary nitrogens is 1. The molecule has 0 spiro atoms. The fourth-order valence-electron chi connectivity index (χ4n) is 3.16. The van der Waals surface area contributed by atoms with Gasteiger partial charge in [-0.15, -0.1) is 15.0 Å². The van der Waals surface area contributed by atoms with Crippen molar-refractivity contribution in [1.82, 2.24) is 19.4 Å². The summed E-state index contributed by atoms with van der Waals surface area (Å²) in [6, 6.07) is 0.521. The molecule has 3 aliphatic rings. The van der Waals surface area contributed by atoms with Crippen molar-refractivity contribution in [2.75, 3.05) is 33.9 Å². The monoisotopic (exact) mass is 302 g/mol. The number of aromatic nitrogens is 3. The molecule has 2 bridgehead atoms. The summed E-state index contributed by atoms with van der Waals surface area (Å²) < 4.78 is 10.8. The van der Waals surface area contributed by atoms with E-state index in [2.05, 4.69) is 15.0 Å². The average molecular weight is 303 g/mol. The lowest BCUT2D eigenvalue weighted by Gasteiger charge is -2.48. The predicted molar refractivity (Wildman–Crippen MR) is 68.1 cm³/mol. The Bertz CT molecular complexity index is 458. The van der Waals surface area contributed by atoms with Gasteiger partial charge in [0, 0.05) is 18.8 Å². The molecule has 0 saturated carbocycles. The minimum atomic E-state index is -0.267. The molecule has 3 saturated heterocycles. The molecule has 1 N–H and O–H groups in total. The summed E-state index contributed by atoms with van der Waals surface area (Å²) in [6.07, 6.45) is 1.76. The SMILES string of the molecule is COc1nc(OC)nc([N+]23CCC(CC2)C(O)C3)n1.[Cl-]. The molecule has 1 atom stereocenters. The fourth-order valence-corrected chi connectivity index (χ4v) is 3.16. The first-order valence-corrected chi connectivity index (χ1v) is 6.55. The smallest absolute Gasteiger partial charge is 0.338 e. The Labute approximate surface area is 124 Å². The van der Waals surface area contributed by atoms with Crippen LogP contribution in [-0.2, 0) is 0 Å². The van der Waals surface area contributed by atoms with Crippen LogP contribution >= 0.6 is 0 Å². The van der Waals surface area contributed by atoms with Gasteiger partial charge in [-0.3, -0.25) is 4.48 Å². The Kier molecular flexibility index (Phi) is 4.31. The summed E-state index contributed by atoms with van der Waals surface area (Å²) in [6.45, 7) is 2.58. The van der Waals surface area contributed by atoms with Gasteiger partial charge in [-0.25, -0.2) is 0 Å². The number of methoxy groups -OCH3 is 2. The molecule has 4 heterocycles. The van der Waals surface area contributed by atoms with Crippen LogP contribution < -0.4 is 26.4 Å². The number of hydrogen-bond acceptors (Lipinski definition) is 6. The summed E-state index contributed by atoms with van der Waals surface area (Å²) in [7, 11) is 3.05. The van der Waals surface area contributed by atoms with Gasteiger partial charge in [0.25, 0.3) is 0 Å². The minimum absolute atomic E-state index is 0. The Morgan fingerprint density at radius 2 is 1.60 bits per heavy atom. The second-order valence-electron chi connectivity index (χ2n) is 5.29. The quantitative estimate of drug-likeness (QED) is 0.599. The van der Waals surface area contributed by atoms with E-state index in [0.717, 1.165) is 25.9 Å². The number of piperidine rings is 3. The standard InChI is InChI=1S/C12H19N4O3.ClH/c1-18-11-13-10(14-12(15-11)19-2)16-5-3-8(4-6-16)9(17)7-16;/h8-9,17H,3-7H2,1-2H3;1H/q+1;/p-1. The molecule has 0 aliphatic carbocycles. The largest absolute Gasteiger partial charge is 1.00 e. The molecular formula is C12H19ClN4O3. The lowest BCUT2D eigenvalue weighted by molar-refractivity contribution is -0.0226. The molecular weight excluding hydrogens is 284 g/mol. The van der Waals surface area contributed by atoms with Crippen molar-refractivity contribution >= 4 is 5.95 Å². The molecule has 8 heteroatoms. The predicted octanol–water partition coefficient (Wildman–Crippen LogP) is -3.02. The van der Waals surface area contributed by atoms with E-state index < -0.39 is 0 Å². The van der Waals surface area contributed by atoms with E-state index in [1.54, 1.807) is 0 Å². The third kappa shape index (κ3) is 2.41. The van der Waals surface area contributed by atoms with Crippen LogP contribution in [0, 0.1) is 5.92 Å². The zero-order valence-corrected chi connectivity index (χ0v) is 12.4. The van der Waals surface area contributed by atoms with Gasteiger partial charge in [0.15, 0.2) is 0 Å². The van der Waals surface area contributed by atoms with Gasteiger partial charge in [-0.2, -0.15) is 0 Å². The maximum Gasteiger partial charge on any atom is 0.338 e. The number of ether oxygens (including phenoxy) is 2. The van der Waals surface area contributed by atoms with Gasteiger partial charge in [-0.1, -0.05) is 0 Å². The number of halogens is 1. The van der Waals surface area contributed by atoms with Gasteiger partial charge in [0.05, 0.1) is 27.3 Å². The first kappa shape index (κ1) is 15.2. The molecule has 0 radical (unpaired) electrons. The van der Waals surface area contributed by atoms with Crippen molar-refractivity contribution in [3.8, 4) is 12.0 Å². The second-order valence-corrected chi connectivity index (χ2v) is 5.29. The van der Waals surface area contributed by atoms with Crippen LogP contribution in [0.5, 0.6) is 12.0 Å². The zero-order valence-electron chi connectivity index (χ0n) is 11.6. The van der Waals surface area contributed by atoms with E-state index >= 15 is 0 Å². The van der Waals surface area contributed by atoms with Crippen molar-refractivity contribution in [1.29, 1.82) is 0 Å². The highest BCUT2D eigenvalue weighted by Gasteiger charge is 2.48. The number of aliphatic hydroxyl groups excluding tert-OH is 1. The van der Waals surface area contributed by atoms with E-state index in [1.807, 2.05) is 0 Å². The Morgan fingerprint density at radius 1 is 1.05 bits per heavy atom. The molecule has 3 fully saturated rings. The number of aliphatic hydroxyl groups is 1. The lowest BCUT2D eigenvalue weighted by atomic mass is 9.84. The van der Waals surface area contributed by atoms with Crippen molar-refractivity contribution in [2.24, 2.45) is 5.92 Å². The van der Waals surface area contributed by atoms with Crippen molar-refractivity contribution in [2.45, 2.75) is 18.9 Å². The Balaban J connectivity index is 0.00000147. The van der Waals surface area contributed by atoms with Crippen LogP contribution in [0.15, 0.2) is 0 Å². The summed E-state index contributed by atoms with van der Waals surface area (Å²) in [5, 5.41) is 10.1. The highest BCUT2D eigenvalue weighted by molar-refractivity contribution is 5.31. The molecule has 0 amide bonds. The molecule has 112 valence electrons. The summed E-state index contributed by atoms with van der Waals surface area (Å²) in [4.78, 5) is 12.7. The van der Waals surface area contributed by atoms with E-state index in [-0.39, 0.29) is 30.5 Å². The van der Waals surface area contributed by atoms with Crippen LogP contribution in [0.4, 0.5) is 5.95 Å². The molecule has 1 aromatic heterocycles. The summed E-state index contributed by atoms with van der Waals surface area (Å²) in [5.74, 6) is 1.08. The van der Waals surface area contributed by atoms with E-state index in [4.69, 9.17) is 9.47 Å². The third-order valence-electron chi connectivity index (χ3n) is 4.31. The minimum Gasteiger partial charge on any atom is -1.00 e. The molecule has 4 rings (SSSR count). The fraction of sp³-hybridized carbons (Fsp3) is 0.750. The topological polar surface area (TPSA) is 77.4 Å². The highest BCUT2D eigenvalue weighted by Crippen LogP contribution is 2.37. The maximum atomic E-state index is 10.1. The lowest BCUT2D eigenvalue weighted by Crippen LogP contribution is -3.00. The molecule has 20 heavy (non-hydrogen) atoms. The summed E-state index contributed by atoms with van der Waals surface area (Å²) in [5.41, 5.74) is 0. The zero-order chi connectivity index (χ0) is 13.5. The Morgan fingerprint density at radius 3 is 2.05 bits per heavy atom. The van der Waals surface area contributed by atoms with Crippen molar-refractivity contribution in [3.63, 3.8) is 0 Å². The van der Waals surface area contributed by atoms with E-state index in [9.17, 15) is 5.11 Å². The van der Waals surface area contributed by atoms with Crippen molar-refractivity contribution in [3.05, 3.63) is 0 Å². The summed E-state index contributed by atoms with van der Waals surface area (Å²) >= 11 is 0. The van der Waals surface area contributed by atoms with Crippen molar-refractivity contribution < 1.29 is 27.0 Å². The van der Waals surface area contributed by atoms with Crippen LogP contribution in [0.1, 0.15) is 12.8 Å². The maximum absolute atomic E-state index is 10.1. The van der Waals surface area contributed by atoms with Gasteiger partial charge in [0.2, 0.25) is 0 Å². The van der Waals surface area contributed by atoms with Gasteiger partial charge >= 0.3 is 18.0 Å². The third-order valence-corrected chi connectivity index (χ3v) is 4.31. The normalized spacial score (nSPS) is 31.6. The van der Waals surface area contributed by atoms with E-state index in [1.165, 1.54) is 14.2 Å². The van der Waals surface area contributed by atoms with Crippen LogP contribution in [0.3, 0.4) is 0 Å². The molecule has 1 aromatic rings. The van der Waals surface area contributed by atoms with Crippen LogP contribution in [0.25, 0.3) is 0 Å². The number of hydrogen-bond donors (Lipinski definition) is 1. The number of nitrogens with zero attached hydrogens (tertiary/aromatic N) is 4. The molecule has 7 nitrogen and oxygen atoms in total. The number of rotatable bonds is 3. The number of fused-ring (bicyclic) bond motifs is 3. The van der Waals surface area contributed by atoms with Gasteiger partial charge in [0.1, 0.15) is 12.6 Å². The van der Waals surface area contributed by atoms with Gasteiger partial charge < -0.3 is 27.0 Å². The molecule has 3 aliphatic heterocycles. The second kappa shape index (κ2) is 5.67.